The van der Waals surface area contributed by atoms with Gasteiger partial charge in [0.05, 0.1) is 89.5 Å². The van der Waals surface area contributed by atoms with E-state index in [1.165, 1.54) is 58.0 Å². The predicted molar refractivity (Wildman–Crippen MR) is 524 cm³/mol. The maximum absolute atomic E-state index is 13.5. The standard InChI is InChI=1S/C19H23N3O.C18H21F3N4O.C18H22N4O.C18H23N3O.C17H21FN4O.C14H17ClN4OS/c1-11-12-6-4-5-7-13(12)18(22-21-11)19(2,3)8-16(23)17-14-9-20-10-15(14)17;1-17(2,23-16(26)13-10-7-22-8-11(10)13)15-9-5-4-6-12(18(19,20)21)14(9)25(3)24-15;1-10-7-11-5-4-6-20-15(11)16(21-10)18(2,3)22-17(23)14-12-8-19-9-13(12)14;1-11-8-14(15-6-4-5-7-21(11)15)18(2,3)20-17(22)16-12-9-19-10-13(12)16;1-17(2,20-16(23)14-11-7-19-8-12(11)14)15-10-5-4-9(18)6-13(10)22(3)21-15;1-14(2,10-11(15)17-13-19(10)3-4-21-13)18-12(20)9-7-5-16-6-8(7)9/h4-7,14-15,17,20H,8-10H2,1-3H3;4-6,10-11,13,22H,7-8H2,1-3H3,(H,23,26);4-7,12-14,19H,8-9H2,1-3H3,(H,22,23);4-8,12-13,16,19H,9-10H2,1-3H3,(H,20,22);4-6,11-12,14,19H,7-8H2,1-3H3,(H,20,23);3-4,7-9,16H,5-6H2,1-2H3,(H,18,20)/t14-,15+,17?;10-,11+,13?;12-,13+,14?;12-,13+,16?;11-,12+,14?;7-,8+,9?. The molecule has 6 aliphatic heterocycles. The van der Waals surface area contributed by atoms with Crippen LogP contribution in [0.25, 0.3) is 54.0 Å². The van der Waals surface area contributed by atoms with Crippen molar-refractivity contribution in [3.8, 4) is 0 Å². The number of alkyl halides is 3. The van der Waals surface area contributed by atoms with Crippen LogP contribution >= 0.6 is 22.9 Å². The number of halogens is 5. The van der Waals surface area contributed by atoms with Crippen LogP contribution in [0.15, 0.2) is 127 Å². The normalized spacial score (nSPS) is 26.4. The molecule has 6 saturated carbocycles. The Bertz CT molecular complexity index is 6730. The van der Waals surface area contributed by atoms with Crippen LogP contribution in [-0.4, -0.2) is 167 Å². The van der Waals surface area contributed by atoms with Gasteiger partial charge in [0.15, 0.2) is 10.1 Å². The van der Waals surface area contributed by atoms with Gasteiger partial charge >= 0.3 is 6.18 Å². The molecule has 12 aliphatic rings. The number of para-hydroxylation sites is 1. The minimum absolute atomic E-state index is 0.00348. The van der Waals surface area contributed by atoms with Crippen LogP contribution in [0.1, 0.15) is 146 Å². The van der Waals surface area contributed by atoms with Crippen molar-refractivity contribution in [1.82, 2.24) is 112 Å². The van der Waals surface area contributed by atoms with E-state index in [0.717, 1.165) is 156 Å². The van der Waals surface area contributed by atoms with Crippen LogP contribution in [0.4, 0.5) is 17.6 Å². The number of amides is 5. The van der Waals surface area contributed by atoms with E-state index in [1.807, 2.05) is 114 Å². The summed E-state index contributed by atoms with van der Waals surface area (Å²) in [5.41, 5.74) is 6.97. The van der Waals surface area contributed by atoms with E-state index < -0.39 is 33.9 Å². The Morgan fingerprint density at radius 1 is 0.442 bits per heavy atom. The second-order valence-electron chi connectivity index (χ2n) is 43.8. The highest BCUT2D eigenvalue weighted by Crippen LogP contribution is 2.55. The number of benzene rings is 3. The summed E-state index contributed by atoms with van der Waals surface area (Å²) in [5, 5.41) is 60.4. The lowest BCUT2D eigenvalue weighted by Crippen LogP contribution is -2.44. The number of hydrogen-bond donors (Lipinski definition) is 11. The molecule has 12 aromatic rings. The fourth-order valence-corrected chi connectivity index (χ4v) is 25.3. The van der Waals surface area contributed by atoms with Gasteiger partial charge in [0.1, 0.15) is 11.6 Å². The van der Waals surface area contributed by atoms with Crippen LogP contribution in [-0.2, 0) is 82.1 Å². The molecule has 11 N–H and O–H groups in total. The molecule has 28 nitrogen and oxygen atoms in total. The molecule has 6 aliphatic carbocycles. The van der Waals surface area contributed by atoms with Gasteiger partial charge in [-0.25, -0.2) is 9.37 Å². The number of pyridine rings is 3. The number of carbonyl (C=O) groups excluding carboxylic acids is 6. The molecular formula is C104H127ClF4N22O6S. The molecule has 9 aromatic heterocycles. The largest absolute Gasteiger partial charge is 0.418 e. The Morgan fingerprint density at radius 3 is 1.41 bits per heavy atom. The van der Waals surface area contributed by atoms with Gasteiger partial charge in [-0.15, -0.1) is 11.3 Å². The number of aryl methyl sites for hydroxylation is 5. The topological polar surface area (TPSA) is 344 Å². The lowest BCUT2D eigenvalue weighted by Gasteiger charge is -2.27. The zero-order chi connectivity index (χ0) is 97.8. The Hall–Kier alpha value is -10.8. The zero-order valence-electron chi connectivity index (χ0n) is 81.4. The van der Waals surface area contributed by atoms with Gasteiger partial charge in [-0.05, 0) is 294 Å². The molecule has 730 valence electrons. The number of imidazole rings is 1. The number of hydrogen-bond acceptors (Lipinski definition) is 20. The van der Waals surface area contributed by atoms with Crippen molar-refractivity contribution < 1.29 is 46.3 Å². The minimum atomic E-state index is -4.46. The van der Waals surface area contributed by atoms with Crippen molar-refractivity contribution in [2.45, 2.75) is 150 Å². The maximum Gasteiger partial charge on any atom is 0.418 e. The Labute approximate surface area is 809 Å². The summed E-state index contributed by atoms with van der Waals surface area (Å²) in [4.78, 5) is 90.1. The highest BCUT2D eigenvalue weighted by atomic mass is 35.5. The molecule has 18 atom stereocenters. The second-order valence-corrected chi connectivity index (χ2v) is 45.0. The van der Waals surface area contributed by atoms with Gasteiger partial charge in [-0.1, -0.05) is 74.0 Å². The number of fused-ring (bicyclic) bond motifs is 12. The molecule has 12 fully saturated rings. The van der Waals surface area contributed by atoms with E-state index in [2.05, 4.69) is 163 Å². The summed E-state index contributed by atoms with van der Waals surface area (Å²) >= 11 is 7.82. The molecule has 24 rings (SSSR count). The van der Waals surface area contributed by atoms with E-state index in [-0.39, 0.29) is 87.3 Å². The first kappa shape index (κ1) is 96.1. The number of nitrogens with zero attached hydrogens (tertiary/aromatic N) is 11. The van der Waals surface area contributed by atoms with Crippen LogP contribution in [0.3, 0.4) is 0 Å². The summed E-state index contributed by atoms with van der Waals surface area (Å²) in [6.45, 7) is 41.4. The minimum Gasteiger partial charge on any atom is -0.347 e. The first-order valence-electron chi connectivity index (χ1n) is 48.6. The number of thiazole rings is 1. The van der Waals surface area contributed by atoms with Gasteiger partial charge in [-0.3, -0.25) is 52.5 Å². The van der Waals surface area contributed by atoms with E-state index in [4.69, 9.17) is 11.6 Å². The number of carbonyl (C=O) groups is 6. The molecular weight excluding hydrogens is 1800 g/mol. The van der Waals surface area contributed by atoms with E-state index in [1.54, 1.807) is 43.9 Å². The number of aromatic nitrogens is 11. The average molecular weight is 1920 g/mol. The van der Waals surface area contributed by atoms with Crippen molar-refractivity contribution in [2.24, 2.45) is 121 Å². The van der Waals surface area contributed by atoms with Crippen molar-refractivity contribution in [1.29, 1.82) is 0 Å². The van der Waals surface area contributed by atoms with Crippen molar-refractivity contribution in [2.75, 3.05) is 78.5 Å². The van der Waals surface area contributed by atoms with Crippen LogP contribution in [0.5, 0.6) is 0 Å². The fraction of sp³-hybridized carbons (Fsp3) is 0.529. The Balaban J connectivity index is 0.000000106. The monoisotopic (exact) mass is 1920 g/mol. The third-order valence-electron chi connectivity index (χ3n) is 31.6. The average Bonchev–Trinajstić information content (AvgIpc) is 1.61. The summed E-state index contributed by atoms with van der Waals surface area (Å²) in [7, 11) is 3.29. The molecule has 15 heterocycles. The molecule has 0 radical (unpaired) electrons. The molecule has 34 heteroatoms. The highest BCUT2D eigenvalue weighted by molar-refractivity contribution is 7.15. The third kappa shape index (κ3) is 18.4. The SMILES string of the molecule is CC(C)(NC(=O)C1[C@H]2CNC[C@@H]12)c1c(Cl)nc2sccn12.Cc1cc(C(C)(C)NC(=O)C2[C@H]3CNC[C@@H]23)c2ccccn12.Cc1cc2cccnc2c(C(C)(C)NC(=O)C2[C@H]3CNC[C@@H]23)n1.Cc1nnc(C(C)(C)CC(=O)C2[C@H]3CNC[C@@H]23)c2ccccc12.Cn1nc(C(C)(C)NC(=O)C2[C@H]3CNC[C@@H]23)c2ccc(F)cc21.Cn1nc(C(C)(C)NC(=O)C2[C@H]3CNC[C@@H]23)c2cccc(C(F)(F)F)c21. The lowest BCUT2D eigenvalue weighted by atomic mass is 9.80. The van der Waals surface area contributed by atoms with Crippen molar-refractivity contribution >= 4 is 112 Å². The number of piperidine rings is 6. The molecule has 3 aromatic carbocycles. The Kier molecular flexibility index (Phi) is 25.1. The first-order chi connectivity index (χ1) is 65.4. The first-order valence-corrected chi connectivity index (χ1v) is 49.9. The maximum atomic E-state index is 13.5. The highest BCUT2D eigenvalue weighted by Gasteiger charge is 2.63. The van der Waals surface area contributed by atoms with Gasteiger partial charge in [0.2, 0.25) is 29.5 Å². The number of Topliss-reactive ketones (excluding diaryl/α,β-unsaturated/α-hetero) is 1. The third-order valence-corrected chi connectivity index (χ3v) is 32.6. The Morgan fingerprint density at radius 2 is 0.899 bits per heavy atom. The van der Waals surface area contributed by atoms with Crippen LogP contribution in [0.2, 0.25) is 5.15 Å². The van der Waals surface area contributed by atoms with Gasteiger partial charge in [-0.2, -0.15) is 33.6 Å². The van der Waals surface area contributed by atoms with E-state index in [0.29, 0.717) is 99.5 Å². The number of rotatable bonds is 19. The second kappa shape index (κ2) is 36.1. The zero-order valence-corrected chi connectivity index (χ0v) is 82.9. The molecule has 0 spiro atoms. The molecule has 138 heavy (non-hydrogen) atoms. The van der Waals surface area contributed by atoms with Gasteiger partial charge in [0.25, 0.3) is 0 Å². The summed E-state index contributed by atoms with van der Waals surface area (Å²) < 4.78 is 60.5. The molecule has 6 unspecified atom stereocenters. The summed E-state index contributed by atoms with van der Waals surface area (Å²) in [6, 6.07) is 31.3. The van der Waals surface area contributed by atoms with Crippen LogP contribution < -0.4 is 58.5 Å². The van der Waals surface area contributed by atoms with Crippen molar-refractivity contribution in [3.63, 3.8) is 0 Å². The van der Waals surface area contributed by atoms with E-state index in [9.17, 15) is 46.3 Å². The van der Waals surface area contributed by atoms with Gasteiger partial charge in [0, 0.05) is 129 Å². The molecule has 0 bridgehead atoms. The quantitative estimate of drug-likeness (QED) is 0.0335. The summed E-state index contributed by atoms with van der Waals surface area (Å²) in [5.74, 6) is 7.71. The van der Waals surface area contributed by atoms with Crippen LogP contribution in [0, 0.1) is 133 Å². The predicted octanol–water partition coefficient (Wildman–Crippen LogP) is 12.3. The lowest BCUT2D eigenvalue weighted by molar-refractivity contribution is -0.136. The van der Waals surface area contributed by atoms with Gasteiger partial charge < -0.3 is 62.9 Å². The van der Waals surface area contributed by atoms with E-state index >= 15 is 0 Å². The smallest absolute Gasteiger partial charge is 0.347 e. The number of ketones is 1. The molecule has 6 saturated heterocycles. The number of nitrogens with one attached hydrogen (secondary N) is 11. The van der Waals surface area contributed by atoms with Crippen molar-refractivity contribution in [3.05, 3.63) is 195 Å². The molecule has 5 amide bonds. The summed E-state index contributed by atoms with van der Waals surface area (Å²) in [6.07, 6.45) is 1.88. The fourth-order valence-electron chi connectivity index (χ4n) is 24.1.